The molecule has 1 unspecified atom stereocenters. The smallest absolute Gasteiger partial charge is 0.339 e. The van der Waals surface area contributed by atoms with E-state index >= 15 is 0 Å². The summed E-state index contributed by atoms with van der Waals surface area (Å²) in [7, 11) is 1.33. The van der Waals surface area contributed by atoms with Crippen molar-refractivity contribution in [3.8, 4) is 0 Å². The number of carbonyl (C=O) groups is 2. The molecule has 122 valence electrons. The third-order valence-corrected chi connectivity index (χ3v) is 3.85. The van der Waals surface area contributed by atoms with E-state index in [1.165, 1.54) is 7.11 Å². The first-order valence-corrected chi connectivity index (χ1v) is 7.50. The number of amides is 1. The fourth-order valence-corrected chi connectivity index (χ4v) is 2.53. The van der Waals surface area contributed by atoms with Gasteiger partial charge in [-0.15, -0.1) is 0 Å². The largest absolute Gasteiger partial charge is 0.465 e. The summed E-state index contributed by atoms with van der Waals surface area (Å²) < 4.78 is 4.81. The lowest BCUT2D eigenvalue weighted by Crippen LogP contribution is -2.27. The highest BCUT2D eigenvalue weighted by Gasteiger charge is 2.24. The third kappa shape index (κ3) is 3.41. The van der Waals surface area contributed by atoms with Gasteiger partial charge in [0.2, 0.25) is 0 Å². The molecule has 0 saturated heterocycles. The number of pyridine rings is 1. The average Bonchev–Trinajstić information content (AvgIpc) is 2.91. The van der Waals surface area contributed by atoms with Crippen LogP contribution < -0.4 is 5.32 Å². The van der Waals surface area contributed by atoms with E-state index in [1.54, 1.807) is 19.3 Å². The van der Waals surface area contributed by atoms with Gasteiger partial charge in [-0.25, -0.2) is 4.79 Å². The van der Waals surface area contributed by atoms with E-state index in [0.717, 1.165) is 5.56 Å². The zero-order valence-electron chi connectivity index (χ0n) is 13.8. The lowest BCUT2D eigenvalue weighted by molar-refractivity contribution is 0.0599. The number of ether oxygens (including phenoxy) is 1. The number of nitrogens with one attached hydrogen (secondary N) is 2. The Morgan fingerprint density at radius 2 is 2.00 bits per heavy atom. The average molecular weight is 315 g/mol. The minimum atomic E-state index is -0.433. The molecule has 2 rings (SSSR count). The normalized spacial score (nSPS) is 11.8. The molecule has 0 aliphatic rings. The van der Waals surface area contributed by atoms with Gasteiger partial charge in [-0.3, -0.25) is 9.78 Å². The Hall–Kier alpha value is -2.63. The van der Waals surface area contributed by atoms with E-state index in [0.29, 0.717) is 28.9 Å². The van der Waals surface area contributed by atoms with Crippen LogP contribution in [-0.2, 0) is 11.2 Å². The second-order valence-electron chi connectivity index (χ2n) is 5.30. The molecule has 0 saturated carbocycles. The van der Waals surface area contributed by atoms with Crippen LogP contribution in [-0.4, -0.2) is 29.0 Å². The molecule has 23 heavy (non-hydrogen) atoms. The van der Waals surface area contributed by atoms with Gasteiger partial charge >= 0.3 is 5.97 Å². The highest BCUT2D eigenvalue weighted by atomic mass is 16.5. The molecule has 2 aromatic heterocycles. The number of aromatic nitrogens is 2. The summed E-state index contributed by atoms with van der Waals surface area (Å²) in [6, 6.07) is 3.54. The number of nitrogens with zero attached hydrogens (tertiary/aromatic N) is 1. The maximum absolute atomic E-state index is 12.5. The number of hydrogen-bond acceptors (Lipinski definition) is 4. The summed E-state index contributed by atoms with van der Waals surface area (Å²) in [6.07, 6.45) is 3.98. The van der Waals surface area contributed by atoms with Crippen molar-refractivity contribution < 1.29 is 14.3 Å². The van der Waals surface area contributed by atoms with Crippen LogP contribution in [0.4, 0.5) is 0 Å². The first kappa shape index (κ1) is 16.7. The maximum atomic E-state index is 12.5. The van der Waals surface area contributed by atoms with Gasteiger partial charge in [-0.2, -0.15) is 0 Å². The quantitative estimate of drug-likeness (QED) is 0.831. The van der Waals surface area contributed by atoms with Gasteiger partial charge in [0.1, 0.15) is 5.69 Å². The zero-order chi connectivity index (χ0) is 17.0. The van der Waals surface area contributed by atoms with Crippen molar-refractivity contribution in [2.45, 2.75) is 33.2 Å². The molecule has 0 aromatic carbocycles. The molecular weight excluding hydrogens is 294 g/mol. The van der Waals surface area contributed by atoms with Crippen LogP contribution in [0.1, 0.15) is 57.6 Å². The fourth-order valence-electron chi connectivity index (χ4n) is 2.53. The van der Waals surface area contributed by atoms with Crippen LogP contribution in [0.15, 0.2) is 24.5 Å². The number of hydrogen-bond donors (Lipinski definition) is 2. The van der Waals surface area contributed by atoms with E-state index in [1.807, 2.05) is 26.0 Å². The Balaban J connectivity index is 2.26. The summed E-state index contributed by atoms with van der Waals surface area (Å²) in [6.45, 7) is 5.56. The van der Waals surface area contributed by atoms with Gasteiger partial charge in [0.05, 0.1) is 18.7 Å². The van der Waals surface area contributed by atoms with Crippen molar-refractivity contribution in [3.63, 3.8) is 0 Å². The first-order valence-electron chi connectivity index (χ1n) is 7.50. The molecule has 0 aliphatic heterocycles. The molecule has 6 heteroatoms. The maximum Gasteiger partial charge on any atom is 0.339 e. The van der Waals surface area contributed by atoms with Crippen LogP contribution in [0.3, 0.4) is 0 Å². The predicted octanol–water partition coefficient (Wildman–Crippen LogP) is 2.56. The SMILES string of the molecule is CCc1[nH]c(C(=O)NC(C)c2ccncc2)c(C)c1C(=O)OC. The van der Waals surface area contributed by atoms with Gasteiger partial charge in [0.25, 0.3) is 5.91 Å². The minimum Gasteiger partial charge on any atom is -0.465 e. The number of aryl methyl sites for hydroxylation is 1. The number of esters is 1. The first-order chi connectivity index (χ1) is 11.0. The van der Waals surface area contributed by atoms with Crippen LogP contribution >= 0.6 is 0 Å². The van der Waals surface area contributed by atoms with E-state index < -0.39 is 5.97 Å². The summed E-state index contributed by atoms with van der Waals surface area (Å²) in [5.41, 5.74) is 3.10. The Morgan fingerprint density at radius 3 is 2.57 bits per heavy atom. The number of rotatable bonds is 5. The predicted molar refractivity (Wildman–Crippen MR) is 86.4 cm³/mol. The van der Waals surface area contributed by atoms with Crippen LogP contribution in [0.25, 0.3) is 0 Å². The Morgan fingerprint density at radius 1 is 1.35 bits per heavy atom. The van der Waals surface area contributed by atoms with Crippen LogP contribution in [0, 0.1) is 6.92 Å². The van der Waals surface area contributed by atoms with Gasteiger partial charge in [-0.05, 0) is 43.5 Å². The summed E-state index contributed by atoms with van der Waals surface area (Å²) in [5, 5.41) is 2.92. The van der Waals surface area contributed by atoms with Gasteiger partial charge in [-0.1, -0.05) is 6.92 Å². The second kappa shape index (κ2) is 7.09. The van der Waals surface area contributed by atoms with Gasteiger partial charge < -0.3 is 15.0 Å². The molecular formula is C17H21N3O3. The van der Waals surface area contributed by atoms with Crippen molar-refractivity contribution >= 4 is 11.9 Å². The van der Waals surface area contributed by atoms with E-state index in [2.05, 4.69) is 15.3 Å². The molecule has 0 spiro atoms. The Labute approximate surface area is 135 Å². The highest BCUT2D eigenvalue weighted by molar-refractivity contribution is 6.00. The summed E-state index contributed by atoms with van der Waals surface area (Å²) in [5.74, 6) is -0.687. The van der Waals surface area contributed by atoms with Crippen molar-refractivity contribution in [1.29, 1.82) is 0 Å². The molecule has 0 aliphatic carbocycles. The van der Waals surface area contributed by atoms with Gasteiger partial charge in [0.15, 0.2) is 0 Å². The monoisotopic (exact) mass is 315 g/mol. The summed E-state index contributed by atoms with van der Waals surface area (Å²) in [4.78, 5) is 31.5. The Kier molecular flexibility index (Phi) is 5.16. The second-order valence-corrected chi connectivity index (χ2v) is 5.30. The van der Waals surface area contributed by atoms with Crippen molar-refractivity contribution in [3.05, 3.63) is 52.6 Å². The van der Waals surface area contributed by atoms with E-state index in [9.17, 15) is 9.59 Å². The lowest BCUT2D eigenvalue weighted by atomic mass is 10.1. The lowest BCUT2D eigenvalue weighted by Gasteiger charge is -2.13. The van der Waals surface area contributed by atoms with E-state index in [-0.39, 0.29) is 11.9 Å². The molecule has 1 atom stereocenters. The molecule has 0 fully saturated rings. The summed E-state index contributed by atoms with van der Waals surface area (Å²) >= 11 is 0. The molecule has 0 bridgehead atoms. The number of aromatic amines is 1. The number of H-pyrrole nitrogens is 1. The molecule has 1 amide bonds. The van der Waals surface area contributed by atoms with Crippen LogP contribution in [0.5, 0.6) is 0 Å². The zero-order valence-corrected chi connectivity index (χ0v) is 13.8. The van der Waals surface area contributed by atoms with Crippen molar-refractivity contribution in [2.24, 2.45) is 0 Å². The standard InChI is InChI=1S/C17H21N3O3/c1-5-13-14(17(22)23-4)10(2)15(20-13)16(21)19-11(3)12-6-8-18-9-7-12/h6-9,11,20H,5H2,1-4H3,(H,19,21). The third-order valence-electron chi connectivity index (χ3n) is 3.85. The van der Waals surface area contributed by atoms with Crippen LogP contribution in [0.2, 0.25) is 0 Å². The fraction of sp³-hybridized carbons (Fsp3) is 0.353. The molecule has 6 nitrogen and oxygen atoms in total. The number of methoxy groups -OCH3 is 1. The molecule has 0 radical (unpaired) electrons. The highest BCUT2D eigenvalue weighted by Crippen LogP contribution is 2.21. The van der Waals surface area contributed by atoms with Crippen molar-refractivity contribution in [2.75, 3.05) is 7.11 Å². The molecule has 2 N–H and O–H groups in total. The molecule has 2 aromatic rings. The topological polar surface area (TPSA) is 84.1 Å². The van der Waals surface area contributed by atoms with Crippen molar-refractivity contribution in [1.82, 2.24) is 15.3 Å². The molecule has 2 heterocycles. The van der Waals surface area contributed by atoms with E-state index in [4.69, 9.17) is 4.74 Å². The minimum absolute atomic E-state index is 0.167. The Bertz CT molecular complexity index is 707. The number of carbonyl (C=O) groups excluding carboxylic acids is 2. The van der Waals surface area contributed by atoms with Gasteiger partial charge in [0, 0.05) is 18.1 Å².